The van der Waals surface area contributed by atoms with Gasteiger partial charge in [-0.3, -0.25) is 4.79 Å². The number of likely N-dealkylation sites (N-methyl/N-ethyl adjacent to an activating group) is 1. The average Bonchev–Trinajstić information content (AvgIpc) is 2.94. The molecular weight excluding hydrogens is 548 g/mol. The molecule has 2 aliphatic heterocycles. The first-order valence-electron chi connectivity index (χ1n) is 14.5. The summed E-state index contributed by atoms with van der Waals surface area (Å²) in [5.41, 5.74) is 1.78. The molecule has 0 saturated carbocycles. The monoisotopic (exact) mass is 591 g/mol. The molecule has 0 aromatic heterocycles. The van der Waals surface area contributed by atoms with Gasteiger partial charge in [-0.2, -0.15) is 0 Å². The molecule has 0 aliphatic carbocycles. The van der Waals surface area contributed by atoms with E-state index in [1.807, 2.05) is 27.6 Å². The lowest BCUT2D eigenvalue weighted by molar-refractivity contribution is -0.133. The summed E-state index contributed by atoms with van der Waals surface area (Å²) in [7, 11) is -0.988. The highest BCUT2D eigenvalue weighted by atomic mass is 32.2. The summed E-state index contributed by atoms with van der Waals surface area (Å²) in [5.74, 6) is -0.515. The Morgan fingerprint density at radius 2 is 1.65 bits per heavy atom. The van der Waals surface area contributed by atoms with Gasteiger partial charge >= 0.3 is 0 Å². The van der Waals surface area contributed by atoms with E-state index in [0.717, 1.165) is 82.0 Å². The van der Waals surface area contributed by atoms with Crippen molar-refractivity contribution in [1.29, 1.82) is 0 Å². The van der Waals surface area contributed by atoms with Crippen LogP contribution in [0.15, 0.2) is 47.4 Å². The molecule has 2 heterocycles. The quantitative estimate of drug-likeness (QED) is 0.314. The van der Waals surface area contributed by atoms with E-state index in [1.165, 1.54) is 17.0 Å². The van der Waals surface area contributed by atoms with Gasteiger partial charge in [0.15, 0.2) is 0 Å². The molecule has 2 aliphatic rings. The summed E-state index contributed by atoms with van der Waals surface area (Å²) >= 11 is 1.70. The lowest BCUT2D eigenvalue weighted by atomic mass is 9.78. The molecule has 0 N–H and O–H groups in total. The number of thioether (sulfide) groups is 1. The van der Waals surface area contributed by atoms with Crippen LogP contribution in [0.2, 0.25) is 0 Å². The molecule has 0 radical (unpaired) electrons. The third-order valence-corrected chi connectivity index (χ3v) is 10.5. The number of carbonyl (C=O) groups is 1. The number of halogens is 2. The van der Waals surface area contributed by atoms with Crippen molar-refractivity contribution in [2.75, 3.05) is 51.8 Å². The Bertz CT molecular complexity index is 1110. The van der Waals surface area contributed by atoms with Gasteiger partial charge < -0.3 is 9.80 Å². The van der Waals surface area contributed by atoms with Crippen LogP contribution in [-0.2, 0) is 22.2 Å². The summed E-state index contributed by atoms with van der Waals surface area (Å²) in [6.07, 6.45) is 8.63. The fourth-order valence-corrected chi connectivity index (χ4v) is 7.57. The number of rotatable bonds is 11. The van der Waals surface area contributed by atoms with E-state index in [0.29, 0.717) is 18.9 Å². The van der Waals surface area contributed by atoms with Crippen LogP contribution in [0, 0.1) is 17.6 Å². The second kappa shape index (κ2) is 14.9. The summed E-state index contributed by atoms with van der Waals surface area (Å²) in [5, 5.41) is 0. The average molecular weight is 592 g/mol. The lowest BCUT2D eigenvalue weighted by Crippen LogP contribution is -2.48. The Morgan fingerprint density at radius 3 is 2.20 bits per heavy atom. The standard InChI is InChI=1S/C31H43F2N3O2S2/c1-4-36(31(37)19-23-5-7-29(39-2)8-6-23)28-11-14-34(15-12-28)16-13-30(25-20-26(32)22-27(33)21-25)24-9-17-35(18-10-24)40(3)38/h5-8,20-22,24,28,30H,4,9-19H2,1-3H3. The third kappa shape index (κ3) is 8.37. The minimum absolute atomic E-state index is 0.0570. The highest BCUT2D eigenvalue weighted by molar-refractivity contribution is 7.98. The smallest absolute Gasteiger partial charge is 0.227 e. The molecule has 2 saturated heterocycles. The van der Waals surface area contributed by atoms with Crippen molar-refractivity contribution in [2.24, 2.45) is 5.92 Å². The summed E-state index contributed by atoms with van der Waals surface area (Å²) in [6, 6.07) is 12.4. The van der Waals surface area contributed by atoms with Crippen LogP contribution in [0.4, 0.5) is 8.78 Å². The van der Waals surface area contributed by atoms with E-state index in [9.17, 15) is 17.8 Å². The molecule has 220 valence electrons. The molecule has 4 rings (SSSR count). The minimum Gasteiger partial charge on any atom is -0.340 e. The van der Waals surface area contributed by atoms with Crippen molar-refractivity contribution in [3.8, 4) is 0 Å². The van der Waals surface area contributed by atoms with E-state index >= 15 is 0 Å². The highest BCUT2D eigenvalue weighted by Gasteiger charge is 2.31. The van der Waals surface area contributed by atoms with E-state index in [4.69, 9.17) is 0 Å². The maximum absolute atomic E-state index is 14.2. The Balaban J connectivity index is 1.33. The molecule has 2 atom stereocenters. The van der Waals surface area contributed by atoms with Crippen molar-refractivity contribution in [3.63, 3.8) is 0 Å². The number of piperidine rings is 2. The number of hydrogen-bond acceptors (Lipinski definition) is 4. The molecule has 0 spiro atoms. The van der Waals surface area contributed by atoms with Crippen LogP contribution in [0.1, 0.15) is 56.1 Å². The maximum Gasteiger partial charge on any atom is 0.227 e. The van der Waals surface area contributed by atoms with E-state index in [1.54, 1.807) is 18.0 Å². The predicted octanol–water partition coefficient (Wildman–Crippen LogP) is 5.72. The zero-order valence-corrected chi connectivity index (χ0v) is 25.6. The molecule has 5 nitrogen and oxygen atoms in total. The van der Waals surface area contributed by atoms with Gasteiger partial charge in [0.05, 0.1) is 17.4 Å². The van der Waals surface area contributed by atoms with Crippen LogP contribution in [0.3, 0.4) is 0 Å². The molecule has 2 aromatic carbocycles. The zero-order chi connectivity index (χ0) is 28.6. The Hall–Kier alpha value is -1.81. The van der Waals surface area contributed by atoms with Gasteiger partial charge in [-0.05, 0) is 99.1 Å². The van der Waals surface area contributed by atoms with Gasteiger partial charge in [0.1, 0.15) is 11.6 Å². The lowest BCUT2D eigenvalue weighted by Gasteiger charge is -2.40. The minimum atomic E-state index is -0.988. The molecule has 2 aromatic rings. The Morgan fingerprint density at radius 1 is 1.02 bits per heavy atom. The first-order chi connectivity index (χ1) is 19.3. The van der Waals surface area contributed by atoms with Crippen molar-refractivity contribution in [1.82, 2.24) is 14.1 Å². The second-order valence-electron chi connectivity index (χ2n) is 11.1. The normalized spacial score (nSPS) is 19.4. The Labute approximate surface area is 245 Å². The van der Waals surface area contributed by atoms with Crippen molar-refractivity contribution >= 4 is 28.7 Å². The van der Waals surface area contributed by atoms with Gasteiger partial charge in [0.2, 0.25) is 5.91 Å². The van der Waals surface area contributed by atoms with Gasteiger partial charge in [-0.15, -0.1) is 11.8 Å². The number of amides is 1. The van der Waals surface area contributed by atoms with Crippen molar-refractivity contribution < 1.29 is 17.8 Å². The molecule has 0 bridgehead atoms. The summed E-state index contributed by atoms with van der Waals surface area (Å²) in [4.78, 5) is 18.9. The SMILES string of the molecule is CCN(C(=O)Cc1ccc(SC)cc1)C1CCN(CCC(c2cc(F)cc(F)c2)C2CCN(S(C)=O)CC2)CC1. The van der Waals surface area contributed by atoms with Crippen LogP contribution in [0.25, 0.3) is 0 Å². The van der Waals surface area contributed by atoms with Gasteiger partial charge in [0.25, 0.3) is 0 Å². The molecular formula is C31H43F2N3O2S2. The fraction of sp³-hybridized carbons (Fsp3) is 0.581. The van der Waals surface area contributed by atoms with E-state index in [-0.39, 0.29) is 17.9 Å². The number of carbonyl (C=O) groups excluding carboxylic acids is 1. The van der Waals surface area contributed by atoms with Crippen LogP contribution in [-0.4, -0.2) is 82.0 Å². The van der Waals surface area contributed by atoms with Crippen molar-refractivity contribution in [3.05, 3.63) is 65.2 Å². The topological polar surface area (TPSA) is 43.9 Å². The largest absolute Gasteiger partial charge is 0.340 e. The van der Waals surface area contributed by atoms with E-state index in [2.05, 4.69) is 24.0 Å². The third-order valence-electron chi connectivity index (χ3n) is 8.67. The second-order valence-corrected chi connectivity index (χ2v) is 13.3. The van der Waals surface area contributed by atoms with Gasteiger partial charge in [-0.25, -0.2) is 17.3 Å². The van der Waals surface area contributed by atoms with Crippen LogP contribution < -0.4 is 0 Å². The first-order valence-corrected chi connectivity index (χ1v) is 17.2. The summed E-state index contributed by atoms with van der Waals surface area (Å²) in [6.45, 7) is 6.94. The van der Waals surface area contributed by atoms with Crippen LogP contribution >= 0.6 is 11.8 Å². The molecule has 2 fully saturated rings. The molecule has 9 heteroatoms. The first kappa shape index (κ1) is 31.1. The number of benzene rings is 2. The van der Waals surface area contributed by atoms with Gasteiger partial charge in [0, 0.05) is 56.0 Å². The molecule has 40 heavy (non-hydrogen) atoms. The molecule has 1 amide bonds. The summed E-state index contributed by atoms with van der Waals surface area (Å²) < 4.78 is 42.3. The fourth-order valence-electron chi connectivity index (χ4n) is 6.43. The van der Waals surface area contributed by atoms with Gasteiger partial charge in [-0.1, -0.05) is 12.1 Å². The Kier molecular flexibility index (Phi) is 11.6. The van der Waals surface area contributed by atoms with Crippen LogP contribution in [0.5, 0.6) is 0 Å². The molecule has 2 unspecified atom stereocenters. The van der Waals surface area contributed by atoms with E-state index < -0.39 is 22.6 Å². The number of likely N-dealkylation sites (tertiary alicyclic amines) is 1. The maximum atomic E-state index is 14.2. The highest BCUT2D eigenvalue weighted by Crippen LogP contribution is 2.36. The predicted molar refractivity (Wildman–Crippen MR) is 161 cm³/mol. The zero-order valence-electron chi connectivity index (χ0n) is 24.0. The van der Waals surface area contributed by atoms with Crippen molar-refractivity contribution in [2.45, 2.75) is 62.3 Å². The number of hydrogen-bond donors (Lipinski definition) is 0. The number of nitrogens with zero attached hydrogens (tertiary/aromatic N) is 3.